The molecule has 1 aliphatic heterocycles. The molecule has 1 saturated heterocycles. The number of nitrogens with one attached hydrogen (secondary N) is 1. The highest BCUT2D eigenvalue weighted by molar-refractivity contribution is 6.33. The topological polar surface area (TPSA) is 46.2 Å². The van der Waals surface area contributed by atoms with Gasteiger partial charge in [-0.1, -0.05) is 29.8 Å². The Bertz CT molecular complexity index is 869. The fourth-order valence-electron chi connectivity index (χ4n) is 3.12. The molecule has 1 aliphatic rings. The molecule has 2 atom stereocenters. The molecule has 2 aromatic carbocycles. The van der Waals surface area contributed by atoms with E-state index in [1.54, 1.807) is 30.3 Å². The Morgan fingerprint density at radius 2 is 2.00 bits per heavy atom. The van der Waals surface area contributed by atoms with E-state index in [0.29, 0.717) is 16.1 Å². The summed E-state index contributed by atoms with van der Waals surface area (Å²) >= 11 is 6.19. The Balaban J connectivity index is 1.92. The number of alkyl halides is 1. The molecule has 0 saturated carbocycles. The van der Waals surface area contributed by atoms with E-state index in [1.807, 2.05) is 0 Å². The number of hydrogen-bond acceptors (Lipinski definition) is 3. The van der Waals surface area contributed by atoms with Crippen LogP contribution in [0.3, 0.4) is 0 Å². The van der Waals surface area contributed by atoms with Gasteiger partial charge in [-0.25, -0.2) is 8.78 Å². The van der Waals surface area contributed by atoms with E-state index in [4.69, 9.17) is 11.6 Å². The second-order valence-electron chi connectivity index (χ2n) is 6.47. The molecule has 26 heavy (non-hydrogen) atoms. The summed E-state index contributed by atoms with van der Waals surface area (Å²) in [5.41, 5.74) is 1.27. The molecule has 0 unspecified atom stereocenters. The zero-order valence-electron chi connectivity index (χ0n) is 14.2. The zero-order chi connectivity index (χ0) is 18.8. The molecule has 1 N–H and O–H groups in total. The predicted molar refractivity (Wildman–Crippen MR) is 96.9 cm³/mol. The molecule has 136 valence electrons. The van der Waals surface area contributed by atoms with Gasteiger partial charge in [-0.3, -0.25) is 9.59 Å². The number of Topliss-reactive ketones (excluding diaryl/α,β-unsaturated/α-hetero) is 2. The van der Waals surface area contributed by atoms with Crippen molar-refractivity contribution in [2.75, 3.05) is 6.54 Å². The second-order valence-corrected chi connectivity index (χ2v) is 6.87. The van der Waals surface area contributed by atoms with Gasteiger partial charge >= 0.3 is 0 Å². The lowest BCUT2D eigenvalue weighted by molar-refractivity contribution is -0.120. The summed E-state index contributed by atoms with van der Waals surface area (Å²) in [6.07, 6.45) is -1.06. The van der Waals surface area contributed by atoms with Gasteiger partial charge in [-0.15, -0.1) is 0 Å². The van der Waals surface area contributed by atoms with Crippen LogP contribution in [0.15, 0.2) is 36.4 Å². The van der Waals surface area contributed by atoms with Crippen LogP contribution in [0.5, 0.6) is 0 Å². The van der Waals surface area contributed by atoms with E-state index in [1.165, 1.54) is 13.0 Å². The van der Waals surface area contributed by atoms with Crippen LogP contribution in [-0.4, -0.2) is 30.3 Å². The minimum Gasteiger partial charge on any atom is -0.304 e. The van der Waals surface area contributed by atoms with Gasteiger partial charge < -0.3 is 5.32 Å². The normalized spacial score (nSPS) is 19.5. The lowest BCUT2D eigenvalue weighted by Gasteiger charge is -2.13. The Morgan fingerprint density at radius 1 is 1.23 bits per heavy atom. The highest BCUT2D eigenvalue weighted by Crippen LogP contribution is 2.32. The largest absolute Gasteiger partial charge is 0.304 e. The van der Waals surface area contributed by atoms with Gasteiger partial charge in [0.15, 0.2) is 11.6 Å². The molecule has 3 rings (SSSR count). The number of carbonyl (C=O) groups excluding carboxylic acids is 2. The summed E-state index contributed by atoms with van der Waals surface area (Å²) in [6, 6.07) is 8.81. The number of hydrogen-bond donors (Lipinski definition) is 1. The monoisotopic (exact) mass is 377 g/mol. The molecule has 1 fully saturated rings. The molecule has 0 amide bonds. The first-order valence-electron chi connectivity index (χ1n) is 8.35. The molecule has 0 spiro atoms. The van der Waals surface area contributed by atoms with Crippen molar-refractivity contribution in [3.8, 4) is 11.1 Å². The molecule has 0 aromatic heterocycles. The lowest BCUT2D eigenvalue weighted by atomic mass is 9.96. The summed E-state index contributed by atoms with van der Waals surface area (Å²) in [6.45, 7) is 1.57. The Hall–Kier alpha value is -2.11. The first kappa shape index (κ1) is 18.7. The van der Waals surface area contributed by atoms with Gasteiger partial charge in [-0.05, 0) is 30.7 Å². The molecular weight excluding hydrogens is 360 g/mol. The van der Waals surface area contributed by atoms with Gasteiger partial charge in [0.2, 0.25) is 0 Å². The van der Waals surface area contributed by atoms with Crippen LogP contribution in [0.1, 0.15) is 29.3 Å². The third-order valence-corrected chi connectivity index (χ3v) is 4.90. The van der Waals surface area contributed by atoms with Gasteiger partial charge in [0.25, 0.3) is 0 Å². The number of halogens is 3. The van der Waals surface area contributed by atoms with Crippen molar-refractivity contribution in [1.29, 1.82) is 0 Å². The van der Waals surface area contributed by atoms with Crippen LogP contribution < -0.4 is 5.32 Å². The van der Waals surface area contributed by atoms with Crippen LogP contribution in [-0.2, 0) is 11.2 Å². The summed E-state index contributed by atoms with van der Waals surface area (Å²) < 4.78 is 28.3. The standard InChI is InChI=1S/C20H18ClF2NO2/c1-11(25)12-5-6-17(21)16(7-12)15-4-2-3-13(20(15)23)8-19(26)18-9-14(22)10-24-18/h2-7,14,18,24H,8-10H2,1H3/t14-,18+/m1/s1. The van der Waals surface area contributed by atoms with Gasteiger partial charge in [0.1, 0.15) is 12.0 Å². The Kier molecular flexibility index (Phi) is 5.49. The summed E-state index contributed by atoms with van der Waals surface area (Å²) in [5, 5.41) is 3.13. The molecule has 3 nitrogen and oxygen atoms in total. The molecule has 1 heterocycles. The third kappa shape index (κ3) is 3.84. The first-order valence-corrected chi connectivity index (χ1v) is 8.73. The zero-order valence-corrected chi connectivity index (χ0v) is 14.9. The third-order valence-electron chi connectivity index (χ3n) is 4.57. The molecule has 2 aromatic rings. The van der Waals surface area contributed by atoms with Gasteiger partial charge in [0, 0.05) is 41.1 Å². The summed E-state index contributed by atoms with van der Waals surface area (Å²) in [4.78, 5) is 23.9. The number of benzene rings is 2. The van der Waals surface area contributed by atoms with E-state index >= 15 is 4.39 Å². The summed E-state index contributed by atoms with van der Waals surface area (Å²) in [5.74, 6) is -0.953. The van der Waals surface area contributed by atoms with Gasteiger partial charge in [0.05, 0.1) is 6.04 Å². The van der Waals surface area contributed by atoms with Crippen LogP contribution in [0.2, 0.25) is 5.02 Å². The average molecular weight is 378 g/mol. The second kappa shape index (κ2) is 7.64. The molecule has 0 radical (unpaired) electrons. The average Bonchev–Trinajstić information content (AvgIpc) is 3.04. The lowest BCUT2D eigenvalue weighted by Crippen LogP contribution is -2.32. The van der Waals surface area contributed by atoms with E-state index in [9.17, 15) is 14.0 Å². The van der Waals surface area contributed by atoms with E-state index in [0.717, 1.165) is 0 Å². The minimum absolute atomic E-state index is 0.118. The van der Waals surface area contributed by atoms with Crippen LogP contribution in [0.25, 0.3) is 11.1 Å². The van der Waals surface area contributed by atoms with E-state index < -0.39 is 18.0 Å². The number of rotatable bonds is 5. The maximum Gasteiger partial charge on any atom is 0.159 e. The first-order chi connectivity index (χ1) is 12.4. The SMILES string of the molecule is CC(=O)c1ccc(Cl)c(-c2cccc(CC(=O)[C@@H]3C[C@@H](F)CN3)c2F)c1. The highest BCUT2D eigenvalue weighted by Gasteiger charge is 2.29. The van der Waals surface area contributed by atoms with Crippen LogP contribution in [0, 0.1) is 5.82 Å². The van der Waals surface area contributed by atoms with Crippen molar-refractivity contribution < 1.29 is 18.4 Å². The van der Waals surface area contributed by atoms with Crippen molar-refractivity contribution in [3.05, 3.63) is 58.4 Å². The molecule has 0 bridgehead atoms. The number of ketones is 2. The minimum atomic E-state index is -1.05. The van der Waals surface area contributed by atoms with E-state index in [-0.39, 0.29) is 42.1 Å². The van der Waals surface area contributed by atoms with Crippen molar-refractivity contribution in [3.63, 3.8) is 0 Å². The van der Waals surface area contributed by atoms with Crippen LogP contribution >= 0.6 is 11.6 Å². The Labute approximate surface area is 155 Å². The Morgan fingerprint density at radius 3 is 2.65 bits per heavy atom. The number of carbonyl (C=O) groups is 2. The fourth-order valence-corrected chi connectivity index (χ4v) is 3.34. The maximum atomic E-state index is 15.0. The fraction of sp³-hybridized carbons (Fsp3) is 0.300. The maximum absolute atomic E-state index is 15.0. The van der Waals surface area contributed by atoms with Crippen molar-refractivity contribution >= 4 is 23.2 Å². The molecule has 6 heteroatoms. The molecule has 0 aliphatic carbocycles. The van der Waals surface area contributed by atoms with Crippen molar-refractivity contribution in [2.45, 2.75) is 32.0 Å². The van der Waals surface area contributed by atoms with Crippen molar-refractivity contribution in [1.82, 2.24) is 5.32 Å². The molecular formula is C20H18ClF2NO2. The highest BCUT2D eigenvalue weighted by atomic mass is 35.5. The smallest absolute Gasteiger partial charge is 0.159 e. The predicted octanol–water partition coefficient (Wildman–Crippen LogP) is 4.16. The van der Waals surface area contributed by atoms with Crippen LogP contribution in [0.4, 0.5) is 8.78 Å². The summed E-state index contributed by atoms with van der Waals surface area (Å²) in [7, 11) is 0. The quantitative estimate of drug-likeness (QED) is 0.796. The van der Waals surface area contributed by atoms with E-state index in [2.05, 4.69) is 5.32 Å². The van der Waals surface area contributed by atoms with Crippen molar-refractivity contribution in [2.24, 2.45) is 0 Å². The van der Waals surface area contributed by atoms with Gasteiger partial charge in [-0.2, -0.15) is 0 Å².